The van der Waals surface area contributed by atoms with Gasteiger partial charge < -0.3 is 9.47 Å². The Morgan fingerprint density at radius 3 is 2.42 bits per heavy atom. The fourth-order valence-corrected chi connectivity index (χ4v) is 3.54. The molecule has 0 fully saturated rings. The number of benzene rings is 1. The number of ether oxygens (including phenoxy) is 2. The van der Waals surface area contributed by atoms with Crippen molar-refractivity contribution in [1.82, 2.24) is 24.7 Å². The average molecular weight is 465 g/mol. The van der Waals surface area contributed by atoms with Gasteiger partial charge in [-0.2, -0.15) is 13.1 Å². The number of nitrogens with one attached hydrogen (secondary N) is 2. The molecule has 3 aromatic rings. The van der Waals surface area contributed by atoms with E-state index < -0.39 is 10.2 Å². The zero-order chi connectivity index (χ0) is 22.3. The number of unbranched alkanes of at least 4 members (excludes halogenated alkanes) is 1. The Morgan fingerprint density at radius 1 is 1.03 bits per heavy atom. The van der Waals surface area contributed by atoms with E-state index in [4.69, 9.17) is 21.1 Å². The minimum Gasteiger partial charge on any atom is -0.493 e. The first kappa shape index (κ1) is 22.7. The van der Waals surface area contributed by atoms with Crippen LogP contribution in [-0.2, 0) is 10.2 Å². The smallest absolute Gasteiger partial charge is 0.300 e. The molecule has 164 valence electrons. The van der Waals surface area contributed by atoms with Gasteiger partial charge >= 0.3 is 0 Å². The third kappa shape index (κ3) is 6.00. The molecule has 0 atom stereocenters. The molecule has 0 unspecified atom stereocenters. The Hall–Kier alpha value is -3.02. The molecule has 0 amide bonds. The molecule has 0 radical (unpaired) electrons. The lowest BCUT2D eigenvalue weighted by atomic mass is 10.3. The topological polar surface area (TPSA) is 128 Å². The van der Waals surface area contributed by atoms with Gasteiger partial charge in [0.05, 0.1) is 7.11 Å². The molecule has 0 saturated heterocycles. The second-order valence-electron chi connectivity index (χ2n) is 6.19. The normalized spacial score (nSPS) is 11.2. The van der Waals surface area contributed by atoms with Crippen molar-refractivity contribution in [2.24, 2.45) is 0 Å². The molecule has 0 spiro atoms. The minimum atomic E-state index is -3.95. The van der Waals surface area contributed by atoms with Crippen molar-refractivity contribution in [2.45, 2.75) is 19.8 Å². The van der Waals surface area contributed by atoms with E-state index in [-0.39, 0.29) is 34.9 Å². The quantitative estimate of drug-likeness (QED) is 0.345. The van der Waals surface area contributed by atoms with Crippen molar-refractivity contribution >= 4 is 27.6 Å². The van der Waals surface area contributed by atoms with Crippen LogP contribution in [0.5, 0.6) is 17.2 Å². The van der Waals surface area contributed by atoms with Gasteiger partial charge in [0.2, 0.25) is 11.6 Å². The van der Waals surface area contributed by atoms with Crippen LogP contribution in [-0.4, -0.2) is 42.0 Å². The highest BCUT2D eigenvalue weighted by atomic mass is 35.5. The van der Waals surface area contributed by atoms with Gasteiger partial charge in [-0.1, -0.05) is 37.1 Å². The van der Waals surface area contributed by atoms with E-state index in [9.17, 15) is 8.42 Å². The molecule has 12 heteroatoms. The Morgan fingerprint density at radius 2 is 1.74 bits per heavy atom. The summed E-state index contributed by atoms with van der Waals surface area (Å²) in [5.74, 6) is 0.670. The number of methoxy groups -OCH3 is 1. The molecular formula is C19H21ClN6O4S. The largest absolute Gasteiger partial charge is 0.493 e. The molecule has 2 heterocycles. The molecule has 1 aromatic carbocycles. The molecule has 2 N–H and O–H groups in total. The van der Waals surface area contributed by atoms with Crippen LogP contribution >= 0.6 is 11.6 Å². The van der Waals surface area contributed by atoms with Crippen molar-refractivity contribution in [3.63, 3.8) is 0 Å². The van der Waals surface area contributed by atoms with E-state index in [0.29, 0.717) is 17.9 Å². The Kier molecular flexibility index (Phi) is 7.55. The maximum Gasteiger partial charge on any atom is 0.300 e. The summed E-state index contributed by atoms with van der Waals surface area (Å²) < 4.78 is 41.0. The van der Waals surface area contributed by atoms with Crippen molar-refractivity contribution in [1.29, 1.82) is 0 Å². The number of hydrogen-bond donors (Lipinski definition) is 2. The van der Waals surface area contributed by atoms with Gasteiger partial charge in [-0.15, -0.1) is 0 Å². The highest BCUT2D eigenvalue weighted by Gasteiger charge is 2.22. The number of nitrogens with zero attached hydrogens (tertiary/aromatic N) is 4. The molecular weight excluding hydrogens is 444 g/mol. The summed E-state index contributed by atoms with van der Waals surface area (Å²) in [5, 5.41) is -0.130. The van der Waals surface area contributed by atoms with Crippen LogP contribution in [0.2, 0.25) is 5.15 Å². The predicted octanol–water partition coefficient (Wildman–Crippen LogP) is 3.43. The van der Waals surface area contributed by atoms with Crippen LogP contribution in [0.1, 0.15) is 19.8 Å². The zero-order valence-electron chi connectivity index (χ0n) is 16.9. The van der Waals surface area contributed by atoms with Crippen LogP contribution in [0, 0.1) is 0 Å². The number of halogens is 1. The Balaban J connectivity index is 2.04. The van der Waals surface area contributed by atoms with Crippen LogP contribution in [0.4, 0.5) is 5.82 Å². The minimum absolute atomic E-state index is 0.0317. The highest BCUT2D eigenvalue weighted by Crippen LogP contribution is 2.39. The van der Waals surface area contributed by atoms with Gasteiger partial charge in [-0.25, -0.2) is 19.9 Å². The van der Waals surface area contributed by atoms with E-state index in [0.717, 1.165) is 6.42 Å². The first-order valence-electron chi connectivity index (χ1n) is 9.36. The number of hydrogen-bond acceptors (Lipinski definition) is 8. The molecule has 3 rings (SSSR count). The number of aromatic nitrogens is 4. The summed E-state index contributed by atoms with van der Waals surface area (Å²) in [7, 11) is -2.47. The van der Waals surface area contributed by atoms with Gasteiger partial charge in [-0.05, 0) is 24.6 Å². The predicted molar refractivity (Wildman–Crippen MR) is 117 cm³/mol. The molecule has 0 aliphatic carbocycles. The maximum absolute atomic E-state index is 12.5. The second kappa shape index (κ2) is 10.3. The molecule has 0 aliphatic rings. The summed E-state index contributed by atoms with van der Waals surface area (Å²) in [4.78, 5) is 16.6. The molecule has 0 bridgehead atoms. The fourth-order valence-electron chi connectivity index (χ4n) is 2.46. The van der Waals surface area contributed by atoms with Gasteiger partial charge in [0.15, 0.2) is 28.3 Å². The summed E-state index contributed by atoms with van der Waals surface area (Å²) >= 11 is 6.36. The van der Waals surface area contributed by atoms with E-state index >= 15 is 0 Å². The number of para-hydroxylation sites is 2. The third-order valence-electron chi connectivity index (χ3n) is 3.92. The van der Waals surface area contributed by atoms with Crippen LogP contribution < -0.4 is 18.9 Å². The Bertz CT molecular complexity index is 1130. The number of rotatable bonds is 10. The summed E-state index contributed by atoms with van der Waals surface area (Å²) in [6.07, 6.45) is 4.53. The lowest BCUT2D eigenvalue weighted by molar-refractivity contribution is 0.378. The molecule has 31 heavy (non-hydrogen) atoms. The second-order valence-corrected chi connectivity index (χ2v) is 8.05. The maximum atomic E-state index is 12.5. The van der Waals surface area contributed by atoms with Crippen LogP contribution in [0.3, 0.4) is 0 Å². The summed E-state index contributed by atoms with van der Waals surface area (Å²) in [6, 6.07) is 8.45. The monoisotopic (exact) mass is 464 g/mol. The lowest BCUT2D eigenvalue weighted by Crippen LogP contribution is -2.31. The standard InChI is InChI=1S/C19H21ClN6O4S/c1-3-4-12-23-31(27,28)26-17-15(30-14-9-6-5-8-13(14)29-2)16(20)24-19(25-17)18-21-10-7-11-22-18/h5-11,23H,3-4,12H2,1-2H3,(H,24,25,26). The lowest BCUT2D eigenvalue weighted by Gasteiger charge is -2.16. The van der Waals surface area contributed by atoms with E-state index in [1.165, 1.54) is 19.5 Å². The van der Waals surface area contributed by atoms with E-state index in [1.54, 1.807) is 30.3 Å². The number of anilines is 1. The van der Waals surface area contributed by atoms with Gasteiger partial charge in [-0.3, -0.25) is 4.72 Å². The van der Waals surface area contributed by atoms with Crippen molar-refractivity contribution in [2.75, 3.05) is 18.4 Å². The Labute approximate surface area is 185 Å². The van der Waals surface area contributed by atoms with Crippen LogP contribution in [0.15, 0.2) is 42.7 Å². The SMILES string of the molecule is CCCCNS(=O)(=O)Nc1nc(-c2ncccn2)nc(Cl)c1Oc1ccccc1OC. The van der Waals surface area contributed by atoms with E-state index in [2.05, 4.69) is 29.4 Å². The van der Waals surface area contributed by atoms with Crippen molar-refractivity contribution in [3.05, 3.63) is 47.9 Å². The zero-order valence-corrected chi connectivity index (χ0v) is 18.4. The van der Waals surface area contributed by atoms with Gasteiger partial charge in [0.1, 0.15) is 0 Å². The molecule has 10 nitrogen and oxygen atoms in total. The molecule has 0 aliphatic heterocycles. The summed E-state index contributed by atoms with van der Waals surface area (Å²) in [6.45, 7) is 2.22. The van der Waals surface area contributed by atoms with Crippen LogP contribution in [0.25, 0.3) is 11.6 Å². The van der Waals surface area contributed by atoms with Crippen molar-refractivity contribution in [3.8, 4) is 28.9 Å². The first-order chi connectivity index (χ1) is 14.9. The first-order valence-corrected chi connectivity index (χ1v) is 11.2. The van der Waals surface area contributed by atoms with Gasteiger partial charge in [0, 0.05) is 18.9 Å². The molecule has 2 aromatic heterocycles. The van der Waals surface area contributed by atoms with E-state index in [1.807, 2.05) is 6.92 Å². The van der Waals surface area contributed by atoms with Gasteiger partial charge in [0.25, 0.3) is 10.2 Å². The average Bonchev–Trinajstić information content (AvgIpc) is 2.76. The third-order valence-corrected chi connectivity index (χ3v) is 5.23. The summed E-state index contributed by atoms with van der Waals surface area (Å²) in [5.41, 5.74) is 0. The fraction of sp³-hybridized carbons (Fsp3) is 0.263. The molecule has 0 saturated carbocycles. The van der Waals surface area contributed by atoms with Crippen molar-refractivity contribution < 1.29 is 17.9 Å². The highest BCUT2D eigenvalue weighted by molar-refractivity contribution is 7.90.